The van der Waals surface area contributed by atoms with Gasteiger partial charge in [0.1, 0.15) is 18.5 Å². The van der Waals surface area contributed by atoms with Gasteiger partial charge in [-0.2, -0.15) is 0 Å². The zero-order valence-electron chi connectivity index (χ0n) is 11.2. The van der Waals surface area contributed by atoms with E-state index in [1.54, 1.807) is 0 Å². The summed E-state index contributed by atoms with van der Waals surface area (Å²) in [7, 11) is 0. The molecule has 21 heavy (non-hydrogen) atoms. The van der Waals surface area contributed by atoms with E-state index in [0.717, 1.165) is 6.07 Å². The minimum atomic E-state index is -3.42. The van der Waals surface area contributed by atoms with Crippen LogP contribution >= 0.6 is 24.0 Å². The van der Waals surface area contributed by atoms with E-state index in [-0.39, 0.29) is 23.0 Å². The topological polar surface area (TPSA) is 35.5 Å². The summed E-state index contributed by atoms with van der Waals surface area (Å²) >= 11 is 5.66. The van der Waals surface area contributed by atoms with Crippen LogP contribution in [0, 0.1) is 5.82 Å². The number of nitrogens with one attached hydrogen (secondary N) is 1. The number of rotatable bonds is 4. The normalized spacial score (nSPS) is 18.1. The fraction of sp³-hybridized carbons (Fsp3) is 0.538. The molecule has 1 aromatic rings. The van der Waals surface area contributed by atoms with E-state index in [9.17, 15) is 13.2 Å². The maximum atomic E-state index is 14.1. The lowest BCUT2D eigenvalue weighted by atomic mass is 9.97. The Kier molecular flexibility index (Phi) is 6.74. The lowest BCUT2D eigenvalue weighted by molar-refractivity contribution is -0.119. The Bertz CT molecular complexity index is 471. The average molecular weight is 345 g/mol. The van der Waals surface area contributed by atoms with Gasteiger partial charge in [0.05, 0.1) is 0 Å². The van der Waals surface area contributed by atoms with Crippen LogP contribution in [0.5, 0.6) is 0 Å². The molecule has 1 saturated heterocycles. The highest BCUT2D eigenvalue weighted by molar-refractivity contribution is 6.30. The minimum absolute atomic E-state index is 0. The summed E-state index contributed by atoms with van der Waals surface area (Å²) in [6, 6.07) is 2.16. The zero-order chi connectivity index (χ0) is 14.8. The third-order valence-corrected chi connectivity index (χ3v) is 3.62. The number of nitrogens with zero attached hydrogens (tertiary/aromatic N) is 1. The van der Waals surface area contributed by atoms with Crippen molar-refractivity contribution in [2.24, 2.45) is 0 Å². The van der Waals surface area contributed by atoms with Crippen LogP contribution in [0.1, 0.15) is 11.6 Å². The van der Waals surface area contributed by atoms with Crippen molar-refractivity contribution in [1.29, 1.82) is 0 Å². The number of piperazine rings is 1. The summed E-state index contributed by atoms with van der Waals surface area (Å²) in [5, 5.41) is 12.2. The first-order valence-electron chi connectivity index (χ1n) is 6.34. The monoisotopic (exact) mass is 344 g/mol. The Morgan fingerprint density at radius 3 is 2.48 bits per heavy atom. The van der Waals surface area contributed by atoms with Crippen molar-refractivity contribution >= 4 is 24.0 Å². The van der Waals surface area contributed by atoms with Crippen LogP contribution in [0.2, 0.25) is 5.02 Å². The van der Waals surface area contributed by atoms with Crippen molar-refractivity contribution in [3.05, 3.63) is 34.6 Å². The zero-order valence-corrected chi connectivity index (χ0v) is 12.7. The van der Waals surface area contributed by atoms with Gasteiger partial charge >= 0.3 is 0 Å². The molecule has 1 aliphatic rings. The van der Waals surface area contributed by atoms with Gasteiger partial charge in [0.2, 0.25) is 0 Å². The smallest absolute Gasteiger partial charge is 0.290 e. The maximum absolute atomic E-state index is 14.1. The molecule has 120 valence electrons. The van der Waals surface area contributed by atoms with Gasteiger partial charge in [-0.15, -0.1) is 12.4 Å². The van der Waals surface area contributed by atoms with Gasteiger partial charge in [-0.25, -0.2) is 13.2 Å². The molecule has 2 N–H and O–H groups in total. The van der Waals surface area contributed by atoms with Crippen LogP contribution in [0.15, 0.2) is 18.2 Å². The Balaban J connectivity index is 0.00000220. The average Bonchev–Trinajstić information content (AvgIpc) is 2.43. The highest BCUT2D eigenvalue weighted by atomic mass is 35.5. The molecule has 2 rings (SSSR count). The first-order chi connectivity index (χ1) is 9.45. The second-order valence-corrected chi connectivity index (χ2v) is 5.21. The molecule has 8 heteroatoms. The van der Waals surface area contributed by atoms with Crippen molar-refractivity contribution in [1.82, 2.24) is 10.2 Å². The van der Waals surface area contributed by atoms with Crippen molar-refractivity contribution in [2.45, 2.75) is 12.0 Å². The van der Waals surface area contributed by atoms with Crippen molar-refractivity contribution < 1.29 is 18.3 Å². The first-order valence-corrected chi connectivity index (χ1v) is 6.72. The first kappa shape index (κ1) is 18.5. The van der Waals surface area contributed by atoms with Gasteiger partial charge in [-0.1, -0.05) is 17.7 Å². The van der Waals surface area contributed by atoms with E-state index in [0.29, 0.717) is 26.2 Å². The Hall–Kier alpha value is -0.530. The predicted octanol–water partition coefficient (Wildman–Crippen LogP) is 2.47. The fourth-order valence-corrected chi connectivity index (χ4v) is 2.60. The van der Waals surface area contributed by atoms with E-state index >= 15 is 0 Å². The number of hydrogen-bond acceptors (Lipinski definition) is 3. The number of alkyl halides is 2. The number of benzene rings is 1. The largest absolute Gasteiger partial charge is 0.390 e. The third kappa shape index (κ3) is 4.23. The molecule has 0 radical (unpaired) electrons. The second-order valence-electron chi connectivity index (χ2n) is 4.77. The van der Waals surface area contributed by atoms with Gasteiger partial charge in [-0.05, 0) is 12.1 Å². The van der Waals surface area contributed by atoms with Crippen LogP contribution < -0.4 is 5.32 Å². The van der Waals surface area contributed by atoms with Crippen LogP contribution in [0.25, 0.3) is 0 Å². The molecule has 1 aromatic carbocycles. The van der Waals surface area contributed by atoms with Gasteiger partial charge in [0, 0.05) is 36.8 Å². The number of halogens is 5. The molecule has 1 atom stereocenters. The van der Waals surface area contributed by atoms with E-state index in [1.807, 2.05) is 0 Å². The van der Waals surface area contributed by atoms with Gasteiger partial charge in [0.15, 0.2) is 0 Å². The summed E-state index contributed by atoms with van der Waals surface area (Å²) in [5.74, 6) is -4.21. The molecule has 1 aliphatic heterocycles. The number of aliphatic hydroxyl groups is 1. The number of aliphatic hydroxyl groups excluding tert-OH is 1. The molecule has 3 nitrogen and oxygen atoms in total. The van der Waals surface area contributed by atoms with E-state index in [2.05, 4.69) is 5.32 Å². The lowest BCUT2D eigenvalue weighted by Crippen LogP contribution is -2.51. The van der Waals surface area contributed by atoms with E-state index in [4.69, 9.17) is 16.7 Å². The minimum Gasteiger partial charge on any atom is -0.390 e. The van der Waals surface area contributed by atoms with Gasteiger partial charge < -0.3 is 10.4 Å². The highest BCUT2D eigenvalue weighted by Crippen LogP contribution is 2.38. The summed E-state index contributed by atoms with van der Waals surface area (Å²) in [4.78, 5) is 1.49. The third-order valence-electron chi connectivity index (χ3n) is 3.38. The molecule has 1 fully saturated rings. The molecule has 0 saturated carbocycles. The molecule has 0 bridgehead atoms. The summed E-state index contributed by atoms with van der Waals surface area (Å²) in [6.07, 6.45) is 0. The summed E-state index contributed by atoms with van der Waals surface area (Å²) in [6.45, 7) is 0.495. The van der Waals surface area contributed by atoms with Crippen LogP contribution in [0.4, 0.5) is 13.2 Å². The van der Waals surface area contributed by atoms with Crippen molar-refractivity contribution in [3.8, 4) is 0 Å². The maximum Gasteiger partial charge on any atom is 0.290 e. The number of hydrogen-bond donors (Lipinski definition) is 2. The van der Waals surface area contributed by atoms with Crippen molar-refractivity contribution in [2.75, 3.05) is 32.8 Å². The fourth-order valence-electron chi connectivity index (χ4n) is 2.44. The molecule has 0 spiro atoms. The quantitative estimate of drug-likeness (QED) is 0.880. The second kappa shape index (κ2) is 7.65. The molecular formula is C13H17Cl2F3N2O. The molecule has 0 unspecified atom stereocenters. The molecule has 0 aliphatic carbocycles. The predicted molar refractivity (Wildman–Crippen MR) is 77.9 cm³/mol. The van der Waals surface area contributed by atoms with Crippen LogP contribution in [-0.4, -0.2) is 48.7 Å². The van der Waals surface area contributed by atoms with Gasteiger partial charge in [0.25, 0.3) is 5.92 Å². The molecule has 0 aromatic heterocycles. The molecule has 0 amide bonds. The Morgan fingerprint density at radius 2 is 1.95 bits per heavy atom. The molecular weight excluding hydrogens is 328 g/mol. The van der Waals surface area contributed by atoms with Gasteiger partial charge in [-0.3, -0.25) is 4.90 Å². The highest BCUT2D eigenvalue weighted by Gasteiger charge is 2.45. The SMILES string of the molecule is Cl.OCC(F)(F)[C@H](c1ccc(Cl)cc1F)N1CCNCC1. The van der Waals surface area contributed by atoms with Crippen molar-refractivity contribution in [3.63, 3.8) is 0 Å². The van der Waals surface area contributed by atoms with E-state index in [1.165, 1.54) is 17.0 Å². The summed E-state index contributed by atoms with van der Waals surface area (Å²) < 4.78 is 42.1. The molecule has 1 heterocycles. The van der Waals surface area contributed by atoms with E-state index < -0.39 is 24.4 Å². The standard InChI is InChI=1S/C13H16ClF3N2O.ClH/c14-9-1-2-10(11(15)7-9)12(13(16,17)8-20)19-5-3-18-4-6-19;/h1-2,7,12,18,20H,3-6,8H2;1H/t12-;/m0./s1. The Morgan fingerprint density at radius 1 is 1.33 bits per heavy atom. The van der Waals surface area contributed by atoms with Crippen LogP contribution in [-0.2, 0) is 0 Å². The van der Waals surface area contributed by atoms with Crippen LogP contribution in [0.3, 0.4) is 0 Å². The summed E-state index contributed by atoms with van der Waals surface area (Å²) in [5.41, 5.74) is -0.143. The lowest BCUT2D eigenvalue weighted by Gasteiger charge is -2.38. The Labute approximate surface area is 132 Å².